The molecule has 0 spiro atoms. The molecule has 2 N–H and O–H groups in total. The van der Waals surface area contributed by atoms with E-state index in [1.165, 1.54) is 7.11 Å². The number of ether oxygens (including phenoxy) is 2. The Morgan fingerprint density at radius 1 is 1.62 bits per heavy atom. The molecule has 0 saturated carbocycles. The maximum atomic E-state index is 5.86. The smallest absolute Gasteiger partial charge is 0.258 e. The molecule has 0 aliphatic carbocycles. The molecule has 72 valence electrons. The lowest BCUT2D eigenvalue weighted by Crippen LogP contribution is -2.11. The molecule has 0 aromatic carbocycles. The van der Waals surface area contributed by atoms with E-state index in [0.29, 0.717) is 29.8 Å². The van der Waals surface area contributed by atoms with Crippen LogP contribution in [0.25, 0.3) is 0 Å². The first kappa shape index (κ1) is 10.1. The Balaban J connectivity index is 2.87. The van der Waals surface area contributed by atoms with Crippen LogP contribution in [0.5, 0.6) is 11.6 Å². The van der Waals surface area contributed by atoms with Gasteiger partial charge in [0.2, 0.25) is 0 Å². The number of aromatic nitrogens is 1. The minimum Gasteiger partial charge on any atom is -0.485 e. The Morgan fingerprint density at radius 3 is 3.00 bits per heavy atom. The second-order valence-corrected chi connectivity index (χ2v) is 2.68. The van der Waals surface area contributed by atoms with Crippen molar-refractivity contribution in [2.24, 2.45) is 5.73 Å². The Kier molecular flexibility index (Phi) is 3.79. The van der Waals surface area contributed by atoms with E-state index in [-0.39, 0.29) is 0 Å². The number of nitrogens with zero attached hydrogens (tertiary/aromatic N) is 1. The van der Waals surface area contributed by atoms with Crippen molar-refractivity contribution in [3.8, 4) is 11.6 Å². The molecule has 0 bridgehead atoms. The maximum absolute atomic E-state index is 5.86. The zero-order valence-electron chi connectivity index (χ0n) is 7.29. The lowest BCUT2D eigenvalue weighted by molar-refractivity contribution is 0.296. The lowest BCUT2D eigenvalue weighted by atomic mass is 10.4. The number of methoxy groups -OCH3 is 1. The van der Waals surface area contributed by atoms with E-state index in [2.05, 4.69) is 4.98 Å². The first-order valence-electron chi connectivity index (χ1n) is 3.81. The van der Waals surface area contributed by atoms with Crippen LogP contribution in [-0.2, 0) is 0 Å². The van der Waals surface area contributed by atoms with E-state index in [1.54, 1.807) is 12.3 Å². The molecule has 1 rings (SSSR count). The summed E-state index contributed by atoms with van der Waals surface area (Å²) in [5, 5.41) is 0.473. The molecular formula is C8H11ClN2O2. The minimum atomic E-state index is 0.376. The van der Waals surface area contributed by atoms with Crippen LogP contribution in [0.15, 0.2) is 12.3 Å². The molecule has 1 aromatic rings. The van der Waals surface area contributed by atoms with E-state index in [0.717, 1.165) is 0 Å². The summed E-state index contributed by atoms with van der Waals surface area (Å²) in [6, 6.07) is 1.63. The minimum absolute atomic E-state index is 0.376. The molecule has 13 heavy (non-hydrogen) atoms. The second kappa shape index (κ2) is 4.89. The summed E-state index contributed by atoms with van der Waals surface area (Å²) in [6.07, 6.45) is 1.55. The third-order valence-corrected chi connectivity index (χ3v) is 1.68. The van der Waals surface area contributed by atoms with Crippen molar-refractivity contribution in [1.29, 1.82) is 0 Å². The van der Waals surface area contributed by atoms with Gasteiger partial charge in [-0.2, -0.15) is 0 Å². The van der Waals surface area contributed by atoms with Gasteiger partial charge in [0.25, 0.3) is 5.88 Å². The van der Waals surface area contributed by atoms with Crippen molar-refractivity contribution < 1.29 is 9.47 Å². The van der Waals surface area contributed by atoms with Gasteiger partial charge in [0.05, 0.1) is 12.1 Å². The molecule has 0 atom stereocenters. The molecule has 1 heterocycles. The van der Waals surface area contributed by atoms with Crippen molar-refractivity contribution in [1.82, 2.24) is 4.98 Å². The van der Waals surface area contributed by atoms with E-state index in [9.17, 15) is 0 Å². The SMILES string of the molecule is COc1nccc(Cl)c1OCCN. The summed E-state index contributed by atoms with van der Waals surface area (Å²) < 4.78 is 10.2. The van der Waals surface area contributed by atoms with E-state index >= 15 is 0 Å². The van der Waals surface area contributed by atoms with Gasteiger partial charge in [-0.05, 0) is 6.07 Å². The molecule has 0 unspecified atom stereocenters. The molecular weight excluding hydrogens is 192 g/mol. The van der Waals surface area contributed by atoms with Gasteiger partial charge in [-0.15, -0.1) is 0 Å². The highest BCUT2D eigenvalue weighted by Gasteiger charge is 2.09. The summed E-state index contributed by atoms with van der Waals surface area (Å²) >= 11 is 5.86. The fourth-order valence-corrected chi connectivity index (χ4v) is 1.04. The van der Waals surface area contributed by atoms with Gasteiger partial charge in [0.1, 0.15) is 6.61 Å². The third-order valence-electron chi connectivity index (χ3n) is 1.38. The monoisotopic (exact) mass is 202 g/mol. The summed E-state index contributed by atoms with van der Waals surface area (Å²) in [6.45, 7) is 0.816. The van der Waals surface area contributed by atoms with Gasteiger partial charge in [-0.1, -0.05) is 11.6 Å². The fraction of sp³-hybridized carbons (Fsp3) is 0.375. The zero-order valence-corrected chi connectivity index (χ0v) is 8.04. The molecule has 1 aromatic heterocycles. The van der Waals surface area contributed by atoms with Crippen LogP contribution in [0.1, 0.15) is 0 Å². The molecule has 0 amide bonds. The molecule has 4 nitrogen and oxygen atoms in total. The Bertz CT molecular complexity index is 281. The number of hydrogen-bond acceptors (Lipinski definition) is 4. The number of halogens is 1. The lowest BCUT2D eigenvalue weighted by Gasteiger charge is -2.09. The van der Waals surface area contributed by atoms with Crippen LogP contribution in [0.3, 0.4) is 0 Å². The van der Waals surface area contributed by atoms with Crippen LogP contribution in [0, 0.1) is 0 Å². The average molecular weight is 203 g/mol. The largest absolute Gasteiger partial charge is 0.485 e. The fourth-order valence-electron chi connectivity index (χ4n) is 0.844. The third kappa shape index (κ3) is 2.47. The summed E-state index contributed by atoms with van der Waals surface area (Å²) in [5.74, 6) is 0.818. The molecule has 5 heteroatoms. The summed E-state index contributed by atoms with van der Waals surface area (Å²) in [5.41, 5.74) is 5.29. The van der Waals surface area contributed by atoms with Gasteiger partial charge < -0.3 is 15.2 Å². The van der Waals surface area contributed by atoms with Crippen LogP contribution < -0.4 is 15.2 Å². The van der Waals surface area contributed by atoms with Crippen molar-refractivity contribution in [2.75, 3.05) is 20.3 Å². The van der Waals surface area contributed by atoms with Crippen molar-refractivity contribution in [3.05, 3.63) is 17.3 Å². The van der Waals surface area contributed by atoms with Gasteiger partial charge in [0, 0.05) is 12.7 Å². The van der Waals surface area contributed by atoms with Crippen molar-refractivity contribution >= 4 is 11.6 Å². The molecule has 0 aliphatic rings. The van der Waals surface area contributed by atoms with Gasteiger partial charge in [-0.3, -0.25) is 0 Å². The molecule has 0 aliphatic heterocycles. The first-order valence-corrected chi connectivity index (χ1v) is 4.18. The predicted octanol–water partition coefficient (Wildman–Crippen LogP) is 1.08. The Labute approximate surface area is 81.6 Å². The Hall–Kier alpha value is -1.00. The quantitative estimate of drug-likeness (QED) is 0.794. The number of pyridine rings is 1. The van der Waals surface area contributed by atoms with Crippen LogP contribution in [-0.4, -0.2) is 25.2 Å². The van der Waals surface area contributed by atoms with Crippen molar-refractivity contribution in [2.45, 2.75) is 0 Å². The standard InChI is InChI=1S/C8H11ClN2O2/c1-12-8-7(13-5-3-10)6(9)2-4-11-8/h2,4H,3,5,10H2,1H3. The summed E-state index contributed by atoms with van der Waals surface area (Å²) in [7, 11) is 1.51. The van der Waals surface area contributed by atoms with Crippen LogP contribution >= 0.6 is 11.6 Å². The second-order valence-electron chi connectivity index (χ2n) is 2.27. The molecule has 0 saturated heterocycles. The normalized spacial score (nSPS) is 9.77. The van der Waals surface area contributed by atoms with Crippen LogP contribution in [0.4, 0.5) is 0 Å². The zero-order chi connectivity index (χ0) is 9.68. The van der Waals surface area contributed by atoms with E-state index < -0.39 is 0 Å². The highest BCUT2D eigenvalue weighted by atomic mass is 35.5. The number of nitrogens with two attached hydrogens (primary N) is 1. The number of hydrogen-bond donors (Lipinski definition) is 1. The van der Waals surface area contributed by atoms with Gasteiger partial charge in [0.15, 0.2) is 5.75 Å². The molecule has 0 fully saturated rings. The average Bonchev–Trinajstić information content (AvgIpc) is 2.15. The van der Waals surface area contributed by atoms with Crippen LogP contribution in [0.2, 0.25) is 5.02 Å². The predicted molar refractivity (Wildman–Crippen MR) is 50.3 cm³/mol. The highest BCUT2D eigenvalue weighted by Crippen LogP contribution is 2.31. The van der Waals surface area contributed by atoms with Gasteiger partial charge in [-0.25, -0.2) is 4.98 Å². The van der Waals surface area contributed by atoms with Gasteiger partial charge >= 0.3 is 0 Å². The highest BCUT2D eigenvalue weighted by molar-refractivity contribution is 6.32. The first-order chi connectivity index (χ1) is 6.29. The Morgan fingerprint density at radius 2 is 2.38 bits per heavy atom. The maximum Gasteiger partial charge on any atom is 0.258 e. The van der Waals surface area contributed by atoms with Crippen molar-refractivity contribution in [3.63, 3.8) is 0 Å². The topological polar surface area (TPSA) is 57.4 Å². The van der Waals surface area contributed by atoms with E-state index in [1.807, 2.05) is 0 Å². The number of rotatable bonds is 4. The van der Waals surface area contributed by atoms with E-state index in [4.69, 9.17) is 26.8 Å². The summed E-state index contributed by atoms with van der Waals surface area (Å²) in [4.78, 5) is 3.94. The molecule has 0 radical (unpaired) electrons.